The average molecular weight is 268 g/mol. The first-order valence-corrected chi connectivity index (χ1v) is 6.80. The van der Waals surface area contributed by atoms with Crippen LogP contribution in [-0.2, 0) is 4.84 Å². The molecule has 1 atom stereocenters. The van der Waals surface area contributed by atoms with E-state index in [1.165, 1.54) is 5.56 Å². The second kappa shape index (κ2) is 4.52. The fourth-order valence-corrected chi connectivity index (χ4v) is 2.89. The number of hydrogen-bond donors (Lipinski definition) is 0. The van der Waals surface area contributed by atoms with Crippen molar-refractivity contribution in [1.29, 1.82) is 0 Å². The Morgan fingerprint density at radius 2 is 1.78 bits per heavy atom. The first-order chi connectivity index (χ1) is 8.20. The summed E-state index contributed by atoms with van der Waals surface area (Å²) in [5, 5.41) is 2.89. The molecule has 1 aromatic carbocycles. The number of hydrogen-bond acceptors (Lipinski definition) is 2. The molecule has 3 heteroatoms. The van der Waals surface area contributed by atoms with E-state index >= 15 is 0 Å². The second-order valence-electron chi connectivity index (χ2n) is 6.63. The van der Waals surface area contributed by atoms with Gasteiger partial charge >= 0.3 is 0 Å². The molecule has 0 spiro atoms. The van der Waals surface area contributed by atoms with Gasteiger partial charge in [-0.15, -0.1) is 0 Å². The fraction of sp³-hybridized carbons (Fsp3) is 0.600. The monoisotopic (exact) mass is 267 g/mol. The van der Waals surface area contributed by atoms with E-state index in [-0.39, 0.29) is 17.2 Å². The third-order valence-corrected chi connectivity index (χ3v) is 3.57. The van der Waals surface area contributed by atoms with Crippen molar-refractivity contribution in [2.75, 3.05) is 0 Å². The van der Waals surface area contributed by atoms with Gasteiger partial charge in [-0.1, -0.05) is 23.7 Å². The molecule has 100 valence electrons. The molecule has 1 unspecified atom stereocenters. The van der Waals surface area contributed by atoms with Gasteiger partial charge in [0, 0.05) is 16.1 Å². The highest BCUT2D eigenvalue weighted by molar-refractivity contribution is 6.30. The molecular weight excluding hydrogens is 246 g/mol. The van der Waals surface area contributed by atoms with Crippen molar-refractivity contribution in [1.82, 2.24) is 5.06 Å². The van der Waals surface area contributed by atoms with Crippen molar-refractivity contribution in [3.05, 3.63) is 34.9 Å². The Labute approximate surface area is 115 Å². The van der Waals surface area contributed by atoms with Crippen molar-refractivity contribution >= 4 is 11.6 Å². The molecule has 1 fully saturated rings. The molecular formula is C15H22ClNO. The SMILES string of the molecule is CC(C)(C)N1OC(c2ccc(Cl)cc2)CC1(C)C. The first-order valence-electron chi connectivity index (χ1n) is 6.43. The number of halogens is 1. The summed E-state index contributed by atoms with van der Waals surface area (Å²) in [6.45, 7) is 11.0. The minimum atomic E-state index is 0.00464. The topological polar surface area (TPSA) is 12.5 Å². The lowest BCUT2D eigenvalue weighted by atomic mass is 9.92. The Balaban J connectivity index is 2.22. The minimum Gasteiger partial charge on any atom is -0.290 e. The predicted octanol–water partition coefficient (Wildman–Crippen LogP) is 4.60. The van der Waals surface area contributed by atoms with Crippen LogP contribution in [0.1, 0.15) is 52.7 Å². The molecule has 0 bridgehead atoms. The van der Waals surface area contributed by atoms with Gasteiger partial charge in [-0.3, -0.25) is 4.84 Å². The van der Waals surface area contributed by atoms with Gasteiger partial charge in [-0.05, 0) is 58.7 Å². The Kier molecular flexibility index (Phi) is 3.48. The van der Waals surface area contributed by atoms with E-state index in [1.807, 2.05) is 12.1 Å². The van der Waals surface area contributed by atoms with Gasteiger partial charge in [0.05, 0.1) is 0 Å². The molecule has 1 aliphatic heterocycles. The molecule has 0 radical (unpaired) electrons. The van der Waals surface area contributed by atoms with Crippen LogP contribution in [0.15, 0.2) is 24.3 Å². The number of rotatable bonds is 1. The van der Waals surface area contributed by atoms with Crippen LogP contribution in [0.5, 0.6) is 0 Å². The van der Waals surface area contributed by atoms with Gasteiger partial charge in [0.1, 0.15) is 6.10 Å². The van der Waals surface area contributed by atoms with Crippen LogP contribution in [0.25, 0.3) is 0 Å². The van der Waals surface area contributed by atoms with Crippen molar-refractivity contribution < 1.29 is 4.84 Å². The normalized spacial score (nSPS) is 24.4. The molecule has 1 heterocycles. The van der Waals surface area contributed by atoms with Crippen molar-refractivity contribution in [3.63, 3.8) is 0 Å². The highest BCUT2D eigenvalue weighted by Crippen LogP contribution is 2.43. The van der Waals surface area contributed by atoms with Gasteiger partial charge in [0.2, 0.25) is 0 Å². The number of benzene rings is 1. The van der Waals surface area contributed by atoms with Crippen LogP contribution in [0.4, 0.5) is 0 Å². The zero-order valence-corrected chi connectivity index (χ0v) is 12.6. The molecule has 0 N–H and O–H groups in total. The van der Waals surface area contributed by atoms with Gasteiger partial charge < -0.3 is 0 Å². The lowest BCUT2D eigenvalue weighted by molar-refractivity contribution is -0.231. The molecule has 0 aromatic heterocycles. The first kappa shape index (κ1) is 13.9. The molecule has 1 saturated heterocycles. The average Bonchev–Trinajstić information content (AvgIpc) is 2.55. The summed E-state index contributed by atoms with van der Waals surface area (Å²) in [5.41, 5.74) is 1.24. The van der Waals surface area contributed by atoms with Gasteiger partial charge in [0.25, 0.3) is 0 Å². The van der Waals surface area contributed by atoms with Crippen molar-refractivity contribution in [2.45, 2.75) is 58.2 Å². The molecule has 0 saturated carbocycles. The van der Waals surface area contributed by atoms with Crippen molar-refractivity contribution in [2.24, 2.45) is 0 Å². The maximum Gasteiger partial charge on any atom is 0.106 e. The Morgan fingerprint density at radius 3 is 2.22 bits per heavy atom. The summed E-state index contributed by atoms with van der Waals surface area (Å²) in [6, 6.07) is 7.95. The molecule has 18 heavy (non-hydrogen) atoms. The lowest BCUT2D eigenvalue weighted by Gasteiger charge is -2.39. The second-order valence-corrected chi connectivity index (χ2v) is 7.06. The maximum absolute atomic E-state index is 6.16. The van der Waals surface area contributed by atoms with E-state index < -0.39 is 0 Å². The number of nitrogens with zero attached hydrogens (tertiary/aromatic N) is 1. The van der Waals surface area contributed by atoms with Crippen LogP contribution < -0.4 is 0 Å². The van der Waals surface area contributed by atoms with E-state index in [2.05, 4.69) is 51.8 Å². The van der Waals surface area contributed by atoms with E-state index in [0.29, 0.717) is 0 Å². The highest BCUT2D eigenvalue weighted by Gasteiger charge is 2.45. The van der Waals surface area contributed by atoms with Crippen LogP contribution in [0.3, 0.4) is 0 Å². The third kappa shape index (κ3) is 2.71. The van der Waals surface area contributed by atoms with E-state index in [9.17, 15) is 0 Å². The maximum atomic E-state index is 6.16. The minimum absolute atomic E-state index is 0.00464. The molecule has 2 rings (SSSR count). The van der Waals surface area contributed by atoms with Crippen molar-refractivity contribution in [3.8, 4) is 0 Å². The zero-order chi connectivity index (χ0) is 13.6. The third-order valence-electron chi connectivity index (χ3n) is 3.32. The smallest absolute Gasteiger partial charge is 0.106 e. The van der Waals surface area contributed by atoms with Gasteiger partial charge in [0.15, 0.2) is 0 Å². The molecule has 2 nitrogen and oxygen atoms in total. The standard InChI is InChI=1S/C15H22ClNO/c1-14(2,3)17-15(4,5)10-13(18-17)11-6-8-12(16)9-7-11/h6-9,13H,10H2,1-5H3. The summed E-state index contributed by atoms with van der Waals surface area (Å²) in [7, 11) is 0. The van der Waals surface area contributed by atoms with Crippen LogP contribution in [0.2, 0.25) is 5.02 Å². The predicted molar refractivity (Wildman–Crippen MR) is 75.6 cm³/mol. The quantitative estimate of drug-likeness (QED) is 0.738. The molecule has 1 aliphatic rings. The van der Waals surface area contributed by atoms with Crippen LogP contribution in [-0.4, -0.2) is 16.1 Å². The summed E-state index contributed by atoms with van der Waals surface area (Å²) in [5.74, 6) is 0. The highest BCUT2D eigenvalue weighted by atomic mass is 35.5. The Hall–Kier alpha value is -0.570. The molecule has 0 aliphatic carbocycles. The van der Waals surface area contributed by atoms with E-state index in [4.69, 9.17) is 16.4 Å². The Bertz CT molecular complexity index is 419. The summed E-state index contributed by atoms with van der Waals surface area (Å²) < 4.78 is 0. The van der Waals surface area contributed by atoms with Gasteiger partial charge in [-0.25, -0.2) is 0 Å². The summed E-state index contributed by atoms with van der Waals surface area (Å²) >= 11 is 5.92. The summed E-state index contributed by atoms with van der Waals surface area (Å²) in [6.07, 6.45) is 1.11. The van der Waals surface area contributed by atoms with Crippen LogP contribution in [0, 0.1) is 0 Å². The van der Waals surface area contributed by atoms with E-state index in [1.54, 1.807) is 0 Å². The zero-order valence-electron chi connectivity index (χ0n) is 11.8. The Morgan fingerprint density at radius 1 is 1.22 bits per heavy atom. The van der Waals surface area contributed by atoms with Gasteiger partial charge in [-0.2, -0.15) is 5.06 Å². The molecule has 1 aromatic rings. The lowest BCUT2D eigenvalue weighted by Crippen LogP contribution is -2.49. The van der Waals surface area contributed by atoms with E-state index in [0.717, 1.165) is 11.4 Å². The molecule has 0 amide bonds. The fourth-order valence-electron chi connectivity index (χ4n) is 2.77. The summed E-state index contributed by atoms with van der Waals surface area (Å²) in [4.78, 5) is 6.16. The van der Waals surface area contributed by atoms with Crippen LogP contribution >= 0.6 is 11.6 Å². The number of hydroxylamine groups is 2. The largest absolute Gasteiger partial charge is 0.290 e.